The van der Waals surface area contributed by atoms with Gasteiger partial charge in [0.2, 0.25) is 5.91 Å². The first-order valence-corrected chi connectivity index (χ1v) is 9.69. The molecule has 1 N–H and O–H groups in total. The van der Waals surface area contributed by atoms with Crippen LogP contribution in [0, 0.1) is 11.8 Å². The van der Waals surface area contributed by atoms with Crippen molar-refractivity contribution in [3.8, 4) is 5.88 Å². The quantitative estimate of drug-likeness (QED) is 0.851. The summed E-state index contributed by atoms with van der Waals surface area (Å²) in [5.41, 5.74) is 1.30. The molecule has 2 atom stereocenters. The maximum atomic E-state index is 12.8. The molecule has 2 fully saturated rings. The SMILES string of the molecule is COc1nccnc1NCC1CCN(C(=O)[C@@H]2C[C@H]2c2ccccc2)CC1. The predicted octanol–water partition coefficient (Wildman–Crippen LogP) is 2.94. The number of benzene rings is 1. The summed E-state index contributed by atoms with van der Waals surface area (Å²) in [4.78, 5) is 23.3. The number of nitrogens with one attached hydrogen (secondary N) is 1. The van der Waals surface area contributed by atoms with Gasteiger partial charge in [0.1, 0.15) is 0 Å². The van der Waals surface area contributed by atoms with Crippen molar-refractivity contribution in [1.82, 2.24) is 14.9 Å². The fraction of sp³-hybridized carbons (Fsp3) is 0.476. The van der Waals surface area contributed by atoms with Crippen molar-refractivity contribution >= 4 is 11.7 Å². The summed E-state index contributed by atoms with van der Waals surface area (Å²) >= 11 is 0. The van der Waals surface area contributed by atoms with Crippen LogP contribution in [0.2, 0.25) is 0 Å². The summed E-state index contributed by atoms with van der Waals surface area (Å²) in [6.45, 7) is 2.52. The van der Waals surface area contributed by atoms with Crippen molar-refractivity contribution in [2.45, 2.75) is 25.2 Å². The van der Waals surface area contributed by atoms with E-state index in [1.165, 1.54) is 5.56 Å². The number of rotatable bonds is 6. The fourth-order valence-electron chi connectivity index (χ4n) is 3.97. The predicted molar refractivity (Wildman–Crippen MR) is 104 cm³/mol. The van der Waals surface area contributed by atoms with E-state index in [-0.39, 0.29) is 5.92 Å². The molecule has 2 aliphatic rings. The maximum Gasteiger partial charge on any atom is 0.257 e. The van der Waals surface area contributed by atoms with Crippen molar-refractivity contribution < 1.29 is 9.53 Å². The topological polar surface area (TPSA) is 67.4 Å². The Bertz CT molecular complexity index is 775. The van der Waals surface area contributed by atoms with Gasteiger partial charge in [-0.05, 0) is 36.7 Å². The molecule has 0 unspecified atom stereocenters. The molecule has 142 valence electrons. The molecule has 0 radical (unpaired) electrons. The van der Waals surface area contributed by atoms with Crippen molar-refractivity contribution in [2.75, 3.05) is 32.1 Å². The molecular formula is C21H26N4O2. The van der Waals surface area contributed by atoms with Crippen molar-refractivity contribution in [2.24, 2.45) is 11.8 Å². The molecule has 1 saturated heterocycles. The van der Waals surface area contributed by atoms with Crippen LogP contribution in [0.5, 0.6) is 5.88 Å². The van der Waals surface area contributed by atoms with Gasteiger partial charge in [0.25, 0.3) is 5.88 Å². The number of piperidine rings is 1. The Labute approximate surface area is 160 Å². The number of methoxy groups -OCH3 is 1. The van der Waals surface area contributed by atoms with E-state index in [4.69, 9.17) is 4.74 Å². The van der Waals surface area contributed by atoms with E-state index >= 15 is 0 Å². The summed E-state index contributed by atoms with van der Waals surface area (Å²) in [5, 5.41) is 3.34. The van der Waals surface area contributed by atoms with Crippen LogP contribution in [0.15, 0.2) is 42.7 Å². The lowest BCUT2D eigenvalue weighted by Crippen LogP contribution is -2.40. The van der Waals surface area contributed by atoms with Crippen LogP contribution in [0.1, 0.15) is 30.7 Å². The van der Waals surface area contributed by atoms with Crippen LogP contribution in [0.3, 0.4) is 0 Å². The standard InChI is InChI=1S/C21H26N4O2/c1-27-20-19(22-9-10-23-20)24-14-15-7-11-25(12-8-15)21(26)18-13-17(18)16-5-3-2-4-6-16/h2-6,9-10,15,17-18H,7-8,11-14H2,1H3,(H,22,24)/t17-,18+/m0/s1. The Balaban J connectivity index is 1.24. The number of hydrogen-bond donors (Lipinski definition) is 1. The summed E-state index contributed by atoms with van der Waals surface area (Å²) < 4.78 is 5.22. The zero-order valence-corrected chi connectivity index (χ0v) is 15.7. The van der Waals surface area contributed by atoms with Crippen LogP contribution >= 0.6 is 0 Å². The smallest absolute Gasteiger partial charge is 0.257 e. The third kappa shape index (κ3) is 4.04. The molecule has 4 rings (SSSR count). The molecule has 6 nitrogen and oxygen atoms in total. The van der Waals surface area contributed by atoms with E-state index in [0.717, 1.165) is 38.9 Å². The van der Waals surface area contributed by atoms with Crippen molar-refractivity contribution in [1.29, 1.82) is 0 Å². The van der Waals surface area contributed by atoms with Gasteiger partial charge in [-0.3, -0.25) is 4.79 Å². The number of carbonyl (C=O) groups is 1. The summed E-state index contributed by atoms with van der Waals surface area (Å²) in [7, 11) is 1.60. The van der Waals surface area contributed by atoms with Gasteiger partial charge >= 0.3 is 0 Å². The van der Waals surface area contributed by atoms with Gasteiger partial charge < -0.3 is 15.0 Å². The lowest BCUT2D eigenvalue weighted by molar-refractivity contribution is -0.134. The third-order valence-electron chi connectivity index (χ3n) is 5.68. The van der Waals surface area contributed by atoms with Gasteiger partial charge in [0, 0.05) is 37.9 Å². The molecule has 2 heterocycles. The Hall–Kier alpha value is -2.63. The molecule has 1 aliphatic carbocycles. The second-order valence-corrected chi connectivity index (χ2v) is 7.42. The molecule has 6 heteroatoms. The number of likely N-dealkylation sites (tertiary alicyclic amines) is 1. The monoisotopic (exact) mass is 366 g/mol. The number of aromatic nitrogens is 2. The first kappa shape index (κ1) is 17.8. The minimum atomic E-state index is 0.186. The minimum absolute atomic E-state index is 0.186. The van der Waals surface area contributed by atoms with Gasteiger partial charge in [-0.2, -0.15) is 0 Å². The van der Waals surface area contributed by atoms with Crippen LogP contribution in [0.4, 0.5) is 5.82 Å². The van der Waals surface area contributed by atoms with E-state index in [2.05, 4.69) is 44.5 Å². The van der Waals surface area contributed by atoms with Crippen LogP contribution in [-0.2, 0) is 4.79 Å². The molecule has 1 amide bonds. The highest BCUT2D eigenvalue weighted by Gasteiger charge is 2.46. The number of amides is 1. The Morgan fingerprint density at radius 1 is 1.19 bits per heavy atom. The second kappa shape index (κ2) is 7.94. The normalized spacial score (nSPS) is 22.3. The van der Waals surface area contributed by atoms with Crippen LogP contribution in [0.25, 0.3) is 0 Å². The Kier molecular flexibility index (Phi) is 5.23. The molecule has 0 spiro atoms. The first-order chi connectivity index (χ1) is 13.3. The van der Waals surface area contributed by atoms with Crippen molar-refractivity contribution in [3.05, 3.63) is 48.3 Å². The second-order valence-electron chi connectivity index (χ2n) is 7.42. The highest BCUT2D eigenvalue weighted by atomic mass is 16.5. The average Bonchev–Trinajstić information content (AvgIpc) is 3.54. The number of carbonyl (C=O) groups excluding carboxylic acids is 1. The number of ether oxygens (including phenoxy) is 1. The highest BCUT2D eigenvalue weighted by Crippen LogP contribution is 2.48. The van der Waals surface area contributed by atoms with E-state index in [0.29, 0.717) is 29.4 Å². The number of nitrogens with zero attached hydrogens (tertiary/aromatic N) is 3. The van der Waals surface area contributed by atoms with E-state index < -0.39 is 0 Å². The van der Waals surface area contributed by atoms with Gasteiger partial charge in [-0.25, -0.2) is 9.97 Å². The molecule has 1 saturated carbocycles. The Morgan fingerprint density at radius 2 is 1.93 bits per heavy atom. The molecule has 1 aromatic heterocycles. The van der Waals surface area contributed by atoms with Crippen molar-refractivity contribution in [3.63, 3.8) is 0 Å². The Morgan fingerprint density at radius 3 is 2.67 bits per heavy atom. The number of hydrogen-bond acceptors (Lipinski definition) is 5. The molecule has 1 aliphatic heterocycles. The molecule has 2 aromatic rings. The first-order valence-electron chi connectivity index (χ1n) is 9.69. The molecule has 0 bridgehead atoms. The largest absolute Gasteiger partial charge is 0.478 e. The van der Waals surface area contributed by atoms with E-state index in [9.17, 15) is 4.79 Å². The molecular weight excluding hydrogens is 340 g/mol. The molecule has 27 heavy (non-hydrogen) atoms. The average molecular weight is 366 g/mol. The maximum absolute atomic E-state index is 12.8. The summed E-state index contributed by atoms with van der Waals surface area (Å²) in [6.07, 6.45) is 6.31. The molecule has 1 aromatic carbocycles. The zero-order valence-electron chi connectivity index (χ0n) is 15.7. The minimum Gasteiger partial charge on any atom is -0.478 e. The van der Waals surface area contributed by atoms with E-state index in [1.54, 1.807) is 19.5 Å². The zero-order chi connectivity index (χ0) is 18.6. The van der Waals surface area contributed by atoms with Gasteiger partial charge in [-0.1, -0.05) is 30.3 Å². The number of anilines is 1. The van der Waals surface area contributed by atoms with Gasteiger partial charge in [0.05, 0.1) is 7.11 Å². The van der Waals surface area contributed by atoms with E-state index in [1.807, 2.05) is 6.07 Å². The summed E-state index contributed by atoms with van der Waals surface area (Å²) in [5.74, 6) is 2.68. The van der Waals surface area contributed by atoms with Gasteiger partial charge in [0.15, 0.2) is 5.82 Å². The lowest BCUT2D eigenvalue weighted by atomic mass is 9.96. The third-order valence-corrected chi connectivity index (χ3v) is 5.68. The van der Waals surface area contributed by atoms with Gasteiger partial charge in [-0.15, -0.1) is 0 Å². The van der Waals surface area contributed by atoms with Crippen LogP contribution < -0.4 is 10.1 Å². The summed E-state index contributed by atoms with van der Waals surface area (Å²) in [6, 6.07) is 10.4. The van der Waals surface area contributed by atoms with Crippen LogP contribution in [-0.4, -0.2) is 47.5 Å². The highest BCUT2D eigenvalue weighted by molar-refractivity contribution is 5.83. The fourth-order valence-corrected chi connectivity index (χ4v) is 3.97. The lowest BCUT2D eigenvalue weighted by Gasteiger charge is -2.32.